The van der Waals surface area contributed by atoms with Crippen molar-refractivity contribution in [2.24, 2.45) is 0 Å². The molecule has 1 amide bonds. The molecule has 0 N–H and O–H groups in total. The molecule has 2 fully saturated rings. The summed E-state index contributed by atoms with van der Waals surface area (Å²) in [5.41, 5.74) is 0. The predicted molar refractivity (Wildman–Crippen MR) is 106 cm³/mol. The fraction of sp³-hybridized carbons (Fsp3) is 0.550. The number of halogens is 1. The van der Waals surface area contributed by atoms with Crippen molar-refractivity contribution in [2.75, 3.05) is 19.6 Å². The van der Waals surface area contributed by atoms with E-state index in [-0.39, 0.29) is 23.4 Å². The number of rotatable bonds is 7. The van der Waals surface area contributed by atoms with E-state index in [4.69, 9.17) is 4.52 Å². The number of amides is 1. The average molecular weight is 437 g/mol. The van der Waals surface area contributed by atoms with E-state index >= 15 is 0 Å². The molecule has 8 nitrogen and oxygen atoms in total. The van der Waals surface area contributed by atoms with Gasteiger partial charge in [-0.2, -0.15) is 9.29 Å². The molecule has 162 valence electrons. The summed E-state index contributed by atoms with van der Waals surface area (Å²) in [7, 11) is -3.75. The fourth-order valence-corrected chi connectivity index (χ4v) is 5.35. The second-order valence-corrected chi connectivity index (χ2v) is 9.84. The van der Waals surface area contributed by atoms with E-state index in [2.05, 4.69) is 10.1 Å². The summed E-state index contributed by atoms with van der Waals surface area (Å²) >= 11 is 0. The zero-order valence-corrected chi connectivity index (χ0v) is 17.6. The second kappa shape index (κ2) is 8.43. The number of benzene rings is 1. The minimum absolute atomic E-state index is 0.0540. The van der Waals surface area contributed by atoms with Gasteiger partial charge in [-0.05, 0) is 49.9 Å². The van der Waals surface area contributed by atoms with Gasteiger partial charge in [-0.1, -0.05) is 5.16 Å². The summed E-state index contributed by atoms with van der Waals surface area (Å²) in [5, 5.41) is 3.99. The lowest BCUT2D eigenvalue weighted by atomic mass is 10.1. The number of piperidine rings is 1. The van der Waals surface area contributed by atoms with Gasteiger partial charge in [0.25, 0.3) is 0 Å². The molecule has 1 aromatic carbocycles. The highest BCUT2D eigenvalue weighted by Gasteiger charge is 2.34. The number of hydrogen-bond acceptors (Lipinski definition) is 6. The van der Waals surface area contributed by atoms with Gasteiger partial charge in [0.1, 0.15) is 5.82 Å². The quantitative estimate of drug-likeness (QED) is 0.661. The largest absolute Gasteiger partial charge is 0.339 e. The molecule has 1 saturated heterocycles. The Balaban J connectivity index is 1.43. The molecule has 0 spiro atoms. The molecule has 2 aliphatic rings. The van der Waals surface area contributed by atoms with Crippen molar-refractivity contribution in [1.29, 1.82) is 0 Å². The summed E-state index contributed by atoms with van der Waals surface area (Å²) in [4.78, 5) is 18.4. The smallest absolute Gasteiger partial charge is 0.243 e. The van der Waals surface area contributed by atoms with Crippen LogP contribution in [0.5, 0.6) is 0 Å². The monoisotopic (exact) mass is 436 g/mol. The lowest BCUT2D eigenvalue weighted by molar-refractivity contribution is -0.131. The van der Waals surface area contributed by atoms with Crippen molar-refractivity contribution >= 4 is 15.9 Å². The Morgan fingerprint density at radius 2 is 2.00 bits per heavy atom. The molecule has 1 saturated carbocycles. The maximum atomic E-state index is 13.2. The lowest BCUT2D eigenvalue weighted by Gasteiger charge is -2.38. The Hall–Kier alpha value is -2.33. The Kier molecular flexibility index (Phi) is 5.88. The zero-order chi connectivity index (χ0) is 21.3. The predicted octanol–water partition coefficient (Wildman–Crippen LogP) is 2.33. The molecule has 1 aliphatic heterocycles. The normalized spacial score (nSPS) is 20.3. The van der Waals surface area contributed by atoms with Crippen LogP contribution < -0.4 is 0 Å². The highest BCUT2D eigenvalue weighted by Crippen LogP contribution is 2.38. The number of hydrogen-bond donors (Lipinski definition) is 0. The molecule has 2 aromatic rings. The van der Waals surface area contributed by atoms with Crippen LogP contribution in [0.25, 0.3) is 0 Å². The van der Waals surface area contributed by atoms with Gasteiger partial charge in [-0.15, -0.1) is 0 Å². The fourth-order valence-electron chi connectivity index (χ4n) is 3.83. The van der Waals surface area contributed by atoms with Gasteiger partial charge < -0.3 is 9.42 Å². The van der Waals surface area contributed by atoms with Crippen molar-refractivity contribution in [3.8, 4) is 0 Å². The molecule has 1 aliphatic carbocycles. The third-order valence-electron chi connectivity index (χ3n) is 5.64. The van der Waals surface area contributed by atoms with Crippen LogP contribution in [0.15, 0.2) is 33.7 Å². The molecule has 2 heterocycles. The summed E-state index contributed by atoms with van der Waals surface area (Å²) in [6.07, 6.45) is 3.96. The van der Waals surface area contributed by atoms with E-state index in [0.29, 0.717) is 50.0 Å². The van der Waals surface area contributed by atoms with Crippen LogP contribution in [-0.2, 0) is 21.2 Å². The first-order chi connectivity index (χ1) is 14.3. The minimum Gasteiger partial charge on any atom is -0.339 e. The Morgan fingerprint density at radius 3 is 2.67 bits per heavy atom. The zero-order valence-electron chi connectivity index (χ0n) is 16.8. The summed E-state index contributed by atoms with van der Waals surface area (Å²) in [6.45, 7) is 2.46. The van der Waals surface area contributed by atoms with Crippen LogP contribution in [0.1, 0.15) is 50.2 Å². The third kappa shape index (κ3) is 4.54. The number of carbonyl (C=O) groups excluding carboxylic acids is 1. The molecule has 1 aromatic heterocycles. The minimum atomic E-state index is -3.75. The highest BCUT2D eigenvalue weighted by atomic mass is 32.2. The van der Waals surface area contributed by atoms with E-state index < -0.39 is 15.8 Å². The van der Waals surface area contributed by atoms with E-state index in [9.17, 15) is 17.6 Å². The number of carbonyl (C=O) groups is 1. The first-order valence-electron chi connectivity index (χ1n) is 10.2. The van der Waals surface area contributed by atoms with Crippen LogP contribution in [0.3, 0.4) is 0 Å². The van der Waals surface area contributed by atoms with Gasteiger partial charge in [0.15, 0.2) is 5.82 Å². The number of sulfonamides is 1. The van der Waals surface area contributed by atoms with Crippen LogP contribution >= 0.6 is 0 Å². The van der Waals surface area contributed by atoms with E-state index in [1.165, 1.54) is 23.4 Å². The van der Waals surface area contributed by atoms with Gasteiger partial charge in [-0.25, -0.2) is 12.8 Å². The maximum Gasteiger partial charge on any atom is 0.243 e. The molecule has 1 atom stereocenters. The first-order valence-corrected chi connectivity index (χ1v) is 11.6. The number of aromatic nitrogens is 2. The molecular weight excluding hydrogens is 411 g/mol. The molecular formula is C20H25FN4O4S. The van der Waals surface area contributed by atoms with Gasteiger partial charge >= 0.3 is 0 Å². The van der Waals surface area contributed by atoms with Crippen LogP contribution in [0, 0.1) is 5.82 Å². The van der Waals surface area contributed by atoms with Gasteiger partial charge in [0.2, 0.25) is 21.8 Å². The van der Waals surface area contributed by atoms with Crippen molar-refractivity contribution in [2.45, 2.75) is 55.9 Å². The van der Waals surface area contributed by atoms with Crippen molar-refractivity contribution < 1.29 is 22.1 Å². The van der Waals surface area contributed by atoms with Crippen molar-refractivity contribution in [3.63, 3.8) is 0 Å². The second-order valence-electron chi connectivity index (χ2n) is 7.90. The lowest BCUT2D eigenvalue weighted by Crippen LogP contribution is -2.51. The molecule has 0 radical (unpaired) electrons. The molecule has 10 heteroatoms. The van der Waals surface area contributed by atoms with E-state index in [0.717, 1.165) is 25.0 Å². The summed E-state index contributed by atoms with van der Waals surface area (Å²) < 4.78 is 45.7. The van der Waals surface area contributed by atoms with Gasteiger partial charge in [0, 0.05) is 44.9 Å². The van der Waals surface area contributed by atoms with Crippen LogP contribution in [0.4, 0.5) is 4.39 Å². The molecule has 1 unspecified atom stereocenters. The SMILES string of the molecule is CC(=O)N(CCc1noc(C2CC2)n1)C1CCCN(S(=O)(=O)c2ccc(F)cc2)C1. The number of nitrogens with zero attached hydrogens (tertiary/aromatic N) is 4. The topological polar surface area (TPSA) is 96.6 Å². The maximum absolute atomic E-state index is 13.2. The van der Waals surface area contributed by atoms with Crippen LogP contribution in [-0.4, -0.2) is 59.3 Å². The Bertz CT molecular complexity index is 1000. The highest BCUT2D eigenvalue weighted by molar-refractivity contribution is 7.89. The molecule has 4 rings (SSSR count). The van der Waals surface area contributed by atoms with Crippen molar-refractivity contribution in [3.05, 3.63) is 41.8 Å². The molecule has 0 bridgehead atoms. The van der Waals surface area contributed by atoms with Crippen LogP contribution in [0.2, 0.25) is 0 Å². The van der Waals surface area contributed by atoms with E-state index in [1.807, 2.05) is 0 Å². The van der Waals surface area contributed by atoms with Crippen molar-refractivity contribution in [1.82, 2.24) is 19.3 Å². The first kappa shape index (κ1) is 20.9. The van der Waals surface area contributed by atoms with Gasteiger partial charge in [0.05, 0.1) is 4.90 Å². The standard InChI is InChI=1S/C20H25FN4O4S/c1-14(26)25(12-10-19-22-20(29-23-19)15-4-5-15)17-3-2-11-24(13-17)30(27,28)18-8-6-16(21)7-9-18/h6-9,15,17H,2-5,10-13H2,1H3. The summed E-state index contributed by atoms with van der Waals surface area (Å²) in [5.74, 6) is 0.994. The Morgan fingerprint density at radius 1 is 1.27 bits per heavy atom. The van der Waals surface area contributed by atoms with E-state index in [1.54, 1.807) is 4.90 Å². The Labute approximate surface area is 175 Å². The van der Waals surface area contributed by atoms with Gasteiger partial charge in [-0.3, -0.25) is 4.79 Å². The summed E-state index contributed by atoms with van der Waals surface area (Å²) in [6, 6.07) is 4.57. The molecule has 30 heavy (non-hydrogen) atoms. The average Bonchev–Trinajstić information content (AvgIpc) is 3.47. The third-order valence-corrected chi connectivity index (χ3v) is 7.52.